The molecule has 0 saturated heterocycles. The lowest BCUT2D eigenvalue weighted by atomic mass is 9.93. The van der Waals surface area contributed by atoms with E-state index in [4.69, 9.17) is 5.10 Å². The highest BCUT2D eigenvalue weighted by Gasteiger charge is 2.33. The van der Waals surface area contributed by atoms with Crippen molar-refractivity contribution >= 4 is 5.91 Å². The number of benzene rings is 1. The molecule has 0 N–H and O–H groups in total. The summed E-state index contributed by atoms with van der Waals surface area (Å²) in [5.74, 6) is 0.265. The van der Waals surface area contributed by atoms with Crippen LogP contribution >= 0.6 is 0 Å². The molecule has 0 unspecified atom stereocenters. The molecule has 1 aromatic carbocycles. The minimum atomic E-state index is -4.40. The lowest BCUT2D eigenvalue weighted by molar-refractivity contribution is -0.137. The molecule has 3 aromatic rings. The minimum absolute atomic E-state index is 0.156. The molecule has 1 fully saturated rings. The van der Waals surface area contributed by atoms with Crippen LogP contribution < -0.4 is 0 Å². The van der Waals surface area contributed by atoms with Gasteiger partial charge in [-0.3, -0.25) is 14.5 Å². The second-order valence-electron chi connectivity index (χ2n) is 8.17. The SMILES string of the molecule is C=CC(=O)N1CCn2nc(-c3ccc(C(F)(F)F)cc3)c(-c3ccncc3C3CC3)c2C1. The standard InChI is InChI=1S/C24H21F3N4O/c1-2-21(32)30-11-12-31-20(14-30)22(18-9-10-28-13-19(18)15-3-4-15)23(29-31)16-5-7-17(8-6-16)24(25,26)27/h2,5-10,13,15H,1,3-4,11-12,14H2. The summed E-state index contributed by atoms with van der Waals surface area (Å²) in [6.07, 6.45) is 2.65. The van der Waals surface area contributed by atoms with Crippen molar-refractivity contribution in [1.82, 2.24) is 19.7 Å². The van der Waals surface area contributed by atoms with Crippen molar-refractivity contribution in [2.24, 2.45) is 0 Å². The maximum atomic E-state index is 13.1. The third kappa shape index (κ3) is 3.59. The Bertz CT molecular complexity index is 1190. The molecule has 1 aliphatic carbocycles. The van der Waals surface area contributed by atoms with Gasteiger partial charge in [-0.15, -0.1) is 0 Å². The number of pyridine rings is 1. The maximum absolute atomic E-state index is 13.1. The Labute approximate surface area is 183 Å². The summed E-state index contributed by atoms with van der Waals surface area (Å²) < 4.78 is 41.1. The summed E-state index contributed by atoms with van der Waals surface area (Å²) in [6, 6.07) is 7.03. The molecule has 2 aliphatic rings. The molecule has 164 valence electrons. The molecule has 0 radical (unpaired) electrons. The van der Waals surface area contributed by atoms with E-state index >= 15 is 0 Å². The van der Waals surface area contributed by atoms with Crippen LogP contribution in [0.1, 0.15) is 35.6 Å². The molecular formula is C24H21F3N4O. The average molecular weight is 438 g/mol. The quantitative estimate of drug-likeness (QED) is 0.537. The van der Waals surface area contributed by atoms with Crippen molar-refractivity contribution in [3.8, 4) is 22.4 Å². The Kier molecular flexibility index (Phi) is 4.87. The third-order valence-corrected chi connectivity index (χ3v) is 6.09. The first-order chi connectivity index (χ1) is 15.4. The fraction of sp³-hybridized carbons (Fsp3) is 0.292. The fourth-order valence-corrected chi connectivity index (χ4v) is 4.29. The van der Waals surface area contributed by atoms with Gasteiger partial charge in [0.25, 0.3) is 0 Å². The molecule has 0 spiro atoms. The van der Waals surface area contributed by atoms with Gasteiger partial charge in [-0.1, -0.05) is 18.7 Å². The van der Waals surface area contributed by atoms with Gasteiger partial charge in [-0.05, 0) is 54.2 Å². The molecule has 5 rings (SSSR count). The van der Waals surface area contributed by atoms with Gasteiger partial charge in [0, 0.05) is 30.1 Å². The molecular weight excluding hydrogens is 417 g/mol. The number of carbonyl (C=O) groups excluding carboxylic acids is 1. The van der Waals surface area contributed by atoms with Crippen LogP contribution in [-0.2, 0) is 24.1 Å². The summed E-state index contributed by atoms with van der Waals surface area (Å²) in [5, 5.41) is 4.78. The molecule has 5 nitrogen and oxygen atoms in total. The molecule has 1 aliphatic heterocycles. The highest BCUT2D eigenvalue weighted by atomic mass is 19.4. The Morgan fingerprint density at radius 1 is 1.12 bits per heavy atom. The number of hydrogen-bond acceptors (Lipinski definition) is 3. The lowest BCUT2D eigenvalue weighted by Crippen LogP contribution is -2.37. The van der Waals surface area contributed by atoms with Gasteiger partial charge < -0.3 is 4.90 Å². The molecule has 32 heavy (non-hydrogen) atoms. The first-order valence-electron chi connectivity index (χ1n) is 10.5. The highest BCUT2D eigenvalue weighted by Crippen LogP contribution is 2.47. The van der Waals surface area contributed by atoms with Crippen LogP contribution in [0.25, 0.3) is 22.4 Å². The predicted octanol–water partition coefficient (Wildman–Crippen LogP) is 5.04. The number of nitrogens with zero attached hydrogens (tertiary/aromatic N) is 4. The first-order valence-corrected chi connectivity index (χ1v) is 10.5. The van der Waals surface area contributed by atoms with Gasteiger partial charge in [0.15, 0.2) is 0 Å². The molecule has 1 saturated carbocycles. The van der Waals surface area contributed by atoms with E-state index in [2.05, 4.69) is 11.6 Å². The van der Waals surface area contributed by atoms with Crippen LogP contribution in [0.4, 0.5) is 13.2 Å². The monoisotopic (exact) mass is 438 g/mol. The third-order valence-electron chi connectivity index (χ3n) is 6.09. The summed E-state index contributed by atoms with van der Waals surface area (Å²) in [4.78, 5) is 18.3. The van der Waals surface area contributed by atoms with Crippen LogP contribution in [0, 0.1) is 0 Å². The van der Waals surface area contributed by atoms with Gasteiger partial charge in [-0.25, -0.2) is 0 Å². The summed E-state index contributed by atoms with van der Waals surface area (Å²) >= 11 is 0. The average Bonchev–Trinajstić information content (AvgIpc) is 3.58. The molecule has 1 amide bonds. The van der Waals surface area contributed by atoms with E-state index in [1.807, 2.05) is 16.9 Å². The second kappa shape index (κ2) is 7.62. The number of fused-ring (bicyclic) bond motifs is 1. The number of hydrogen-bond donors (Lipinski definition) is 0. The number of halogens is 3. The van der Waals surface area contributed by atoms with Crippen LogP contribution in [0.2, 0.25) is 0 Å². The van der Waals surface area contributed by atoms with Crippen molar-refractivity contribution in [1.29, 1.82) is 0 Å². The van der Waals surface area contributed by atoms with Crippen LogP contribution in [0.15, 0.2) is 55.4 Å². The summed E-state index contributed by atoms with van der Waals surface area (Å²) in [6.45, 7) is 4.95. The predicted molar refractivity (Wildman–Crippen MR) is 113 cm³/mol. The molecule has 0 bridgehead atoms. The maximum Gasteiger partial charge on any atom is 0.416 e. The lowest BCUT2D eigenvalue weighted by Gasteiger charge is -2.27. The van der Waals surface area contributed by atoms with Crippen molar-refractivity contribution in [3.05, 3.63) is 72.2 Å². The van der Waals surface area contributed by atoms with Crippen molar-refractivity contribution in [2.45, 2.75) is 38.0 Å². The van der Waals surface area contributed by atoms with Gasteiger partial charge >= 0.3 is 6.18 Å². The van der Waals surface area contributed by atoms with E-state index < -0.39 is 11.7 Å². The minimum Gasteiger partial charge on any atom is -0.331 e. The molecule has 3 heterocycles. The van der Waals surface area contributed by atoms with Crippen molar-refractivity contribution in [2.75, 3.05) is 6.54 Å². The normalized spacial score (nSPS) is 16.0. The topological polar surface area (TPSA) is 51.0 Å². The van der Waals surface area contributed by atoms with E-state index in [1.54, 1.807) is 11.1 Å². The van der Waals surface area contributed by atoms with E-state index in [9.17, 15) is 18.0 Å². The first kappa shape index (κ1) is 20.5. The van der Waals surface area contributed by atoms with Gasteiger partial charge in [0.1, 0.15) is 5.69 Å². The Balaban J connectivity index is 1.67. The van der Waals surface area contributed by atoms with E-state index in [0.717, 1.165) is 47.4 Å². The largest absolute Gasteiger partial charge is 0.416 e. The van der Waals surface area contributed by atoms with Gasteiger partial charge in [0.05, 0.1) is 24.3 Å². The summed E-state index contributed by atoms with van der Waals surface area (Å²) in [5.41, 5.74) is 4.35. The molecule has 0 atom stereocenters. The number of aromatic nitrogens is 3. The Morgan fingerprint density at radius 3 is 2.53 bits per heavy atom. The van der Waals surface area contributed by atoms with Crippen molar-refractivity contribution in [3.63, 3.8) is 0 Å². The molecule has 8 heteroatoms. The number of rotatable bonds is 4. The zero-order chi connectivity index (χ0) is 22.5. The fourth-order valence-electron chi connectivity index (χ4n) is 4.29. The van der Waals surface area contributed by atoms with Crippen LogP contribution in [0.5, 0.6) is 0 Å². The smallest absolute Gasteiger partial charge is 0.331 e. The van der Waals surface area contributed by atoms with E-state index in [-0.39, 0.29) is 5.91 Å². The number of amides is 1. The zero-order valence-electron chi connectivity index (χ0n) is 17.3. The zero-order valence-corrected chi connectivity index (χ0v) is 17.3. The summed E-state index contributed by atoms with van der Waals surface area (Å²) in [7, 11) is 0. The second-order valence-corrected chi connectivity index (χ2v) is 8.17. The van der Waals surface area contributed by atoms with Crippen LogP contribution in [-0.4, -0.2) is 32.1 Å². The van der Waals surface area contributed by atoms with Gasteiger partial charge in [-0.2, -0.15) is 18.3 Å². The highest BCUT2D eigenvalue weighted by molar-refractivity contribution is 5.88. The molecule has 2 aromatic heterocycles. The van der Waals surface area contributed by atoms with Crippen LogP contribution in [0.3, 0.4) is 0 Å². The number of carbonyl (C=O) groups is 1. The van der Waals surface area contributed by atoms with E-state index in [1.165, 1.54) is 18.2 Å². The Morgan fingerprint density at radius 2 is 1.88 bits per heavy atom. The van der Waals surface area contributed by atoms with Crippen molar-refractivity contribution < 1.29 is 18.0 Å². The van der Waals surface area contributed by atoms with Gasteiger partial charge in [0.2, 0.25) is 5.91 Å². The Hall–Kier alpha value is -3.42. The number of alkyl halides is 3. The van der Waals surface area contributed by atoms with E-state index in [0.29, 0.717) is 36.8 Å².